The molecule has 0 fully saturated rings. The van der Waals surface area contributed by atoms with Gasteiger partial charge in [0.15, 0.2) is 0 Å². The van der Waals surface area contributed by atoms with Gasteiger partial charge in [-0.05, 0) is 18.2 Å². The summed E-state index contributed by atoms with van der Waals surface area (Å²) in [6.07, 6.45) is 4.23. The van der Waals surface area contributed by atoms with E-state index < -0.39 is 5.97 Å². The van der Waals surface area contributed by atoms with Crippen LogP contribution in [0.5, 0.6) is 5.75 Å². The standard InChI is InChI=1S/C12H10N2O3/c15-12(16)8-1-2-10-9(7-8)14-5-4-13-11(14)3-6-17-10/h1-2,4-5,7H,3,6H2,(H,15,16). The maximum absolute atomic E-state index is 11.0. The third kappa shape index (κ3) is 1.56. The quantitative estimate of drug-likeness (QED) is 0.806. The van der Waals surface area contributed by atoms with E-state index in [9.17, 15) is 4.79 Å². The van der Waals surface area contributed by atoms with Gasteiger partial charge in [0.1, 0.15) is 11.6 Å². The van der Waals surface area contributed by atoms with Gasteiger partial charge in [-0.2, -0.15) is 0 Å². The van der Waals surface area contributed by atoms with Gasteiger partial charge in [0, 0.05) is 18.8 Å². The average molecular weight is 230 g/mol. The van der Waals surface area contributed by atoms with E-state index in [1.54, 1.807) is 24.4 Å². The Morgan fingerprint density at radius 2 is 2.35 bits per heavy atom. The number of aromatic nitrogens is 2. The van der Waals surface area contributed by atoms with E-state index in [0.29, 0.717) is 18.8 Å². The molecule has 0 radical (unpaired) electrons. The maximum Gasteiger partial charge on any atom is 0.335 e. The molecule has 1 N–H and O–H groups in total. The van der Waals surface area contributed by atoms with Crippen molar-refractivity contribution in [1.82, 2.24) is 9.55 Å². The topological polar surface area (TPSA) is 64.3 Å². The SMILES string of the molecule is O=C(O)c1ccc2c(c1)-n1ccnc1CCO2. The minimum atomic E-state index is -0.946. The zero-order chi connectivity index (χ0) is 11.8. The number of benzene rings is 1. The average Bonchev–Trinajstić information content (AvgIpc) is 2.71. The van der Waals surface area contributed by atoms with Crippen LogP contribution in [0.1, 0.15) is 16.2 Å². The van der Waals surface area contributed by atoms with Gasteiger partial charge in [-0.1, -0.05) is 0 Å². The zero-order valence-electron chi connectivity index (χ0n) is 8.96. The lowest BCUT2D eigenvalue weighted by Crippen LogP contribution is -2.01. The first-order chi connectivity index (χ1) is 8.25. The summed E-state index contributed by atoms with van der Waals surface area (Å²) in [6.45, 7) is 0.552. The Balaban J connectivity index is 2.22. The van der Waals surface area contributed by atoms with E-state index >= 15 is 0 Å². The third-order valence-electron chi connectivity index (χ3n) is 2.77. The second-order valence-electron chi connectivity index (χ2n) is 3.80. The van der Waals surface area contributed by atoms with Crippen LogP contribution in [0.2, 0.25) is 0 Å². The first kappa shape index (κ1) is 9.89. The fraction of sp³-hybridized carbons (Fsp3) is 0.167. The van der Waals surface area contributed by atoms with E-state index in [1.165, 1.54) is 0 Å². The van der Waals surface area contributed by atoms with Crippen molar-refractivity contribution in [1.29, 1.82) is 0 Å². The van der Waals surface area contributed by atoms with E-state index in [1.807, 2.05) is 10.8 Å². The molecule has 5 nitrogen and oxygen atoms in total. The van der Waals surface area contributed by atoms with Crippen LogP contribution in [-0.2, 0) is 6.42 Å². The van der Waals surface area contributed by atoms with Gasteiger partial charge in [0.25, 0.3) is 0 Å². The molecular weight excluding hydrogens is 220 g/mol. The molecule has 0 bridgehead atoms. The summed E-state index contributed by atoms with van der Waals surface area (Å²) in [4.78, 5) is 15.2. The molecule has 1 aromatic heterocycles. The summed E-state index contributed by atoms with van der Waals surface area (Å²) in [5.41, 5.74) is 0.976. The number of carboxylic acid groups (broad SMARTS) is 1. The van der Waals surface area contributed by atoms with Crippen molar-refractivity contribution in [2.45, 2.75) is 6.42 Å². The molecule has 1 aromatic carbocycles. The summed E-state index contributed by atoms with van der Waals surface area (Å²) in [5, 5.41) is 8.99. The minimum Gasteiger partial charge on any atom is -0.491 e. The Morgan fingerprint density at radius 1 is 1.47 bits per heavy atom. The van der Waals surface area contributed by atoms with E-state index in [0.717, 1.165) is 11.5 Å². The van der Waals surface area contributed by atoms with Gasteiger partial charge in [0.2, 0.25) is 0 Å². The Kier molecular flexibility index (Phi) is 2.11. The number of hydrogen-bond acceptors (Lipinski definition) is 3. The highest BCUT2D eigenvalue weighted by Crippen LogP contribution is 2.28. The number of carboxylic acids is 1. The number of hydrogen-bond donors (Lipinski definition) is 1. The van der Waals surface area contributed by atoms with Crippen molar-refractivity contribution in [3.63, 3.8) is 0 Å². The lowest BCUT2D eigenvalue weighted by atomic mass is 10.2. The fourth-order valence-corrected chi connectivity index (χ4v) is 1.95. The molecule has 0 amide bonds. The molecule has 2 aromatic rings. The molecule has 1 aliphatic heterocycles. The molecule has 0 atom stereocenters. The van der Waals surface area contributed by atoms with Gasteiger partial charge in [0.05, 0.1) is 17.9 Å². The van der Waals surface area contributed by atoms with Crippen molar-refractivity contribution >= 4 is 5.97 Å². The fourth-order valence-electron chi connectivity index (χ4n) is 1.95. The molecule has 1 aliphatic rings. The summed E-state index contributed by atoms with van der Waals surface area (Å²) >= 11 is 0. The molecule has 0 aliphatic carbocycles. The van der Waals surface area contributed by atoms with Gasteiger partial charge in [-0.3, -0.25) is 0 Å². The number of imidazole rings is 1. The lowest BCUT2D eigenvalue weighted by Gasteiger charge is -2.09. The van der Waals surface area contributed by atoms with E-state index in [2.05, 4.69) is 4.98 Å². The van der Waals surface area contributed by atoms with Crippen molar-refractivity contribution in [3.8, 4) is 11.4 Å². The smallest absolute Gasteiger partial charge is 0.335 e. The first-order valence-corrected chi connectivity index (χ1v) is 5.28. The summed E-state index contributed by atoms with van der Waals surface area (Å²) in [7, 11) is 0. The monoisotopic (exact) mass is 230 g/mol. The van der Waals surface area contributed by atoms with Gasteiger partial charge in [-0.15, -0.1) is 0 Å². The van der Waals surface area contributed by atoms with Crippen LogP contribution in [0.25, 0.3) is 5.69 Å². The molecule has 86 valence electrons. The predicted octanol–water partition coefficient (Wildman–Crippen LogP) is 1.51. The first-order valence-electron chi connectivity index (χ1n) is 5.28. The second-order valence-corrected chi connectivity index (χ2v) is 3.80. The molecule has 5 heteroatoms. The highest BCUT2D eigenvalue weighted by molar-refractivity contribution is 5.88. The van der Waals surface area contributed by atoms with Crippen LogP contribution in [0.15, 0.2) is 30.6 Å². The third-order valence-corrected chi connectivity index (χ3v) is 2.77. The second kappa shape index (κ2) is 3.62. The summed E-state index contributed by atoms with van der Waals surface area (Å²) in [6, 6.07) is 4.84. The molecule has 0 saturated heterocycles. The van der Waals surface area contributed by atoms with Gasteiger partial charge in [-0.25, -0.2) is 9.78 Å². The van der Waals surface area contributed by atoms with Crippen LogP contribution in [0, 0.1) is 0 Å². The Morgan fingerprint density at radius 3 is 3.18 bits per heavy atom. The molecule has 0 spiro atoms. The van der Waals surface area contributed by atoms with Crippen molar-refractivity contribution in [2.24, 2.45) is 0 Å². The largest absolute Gasteiger partial charge is 0.491 e. The normalized spacial score (nSPS) is 13.2. The Labute approximate surface area is 97.3 Å². The molecule has 0 saturated carbocycles. The number of fused-ring (bicyclic) bond motifs is 3. The van der Waals surface area contributed by atoms with Gasteiger partial charge < -0.3 is 14.4 Å². The number of aromatic carboxylic acids is 1. The van der Waals surface area contributed by atoms with Crippen molar-refractivity contribution in [3.05, 3.63) is 42.0 Å². The predicted molar refractivity (Wildman–Crippen MR) is 59.7 cm³/mol. The van der Waals surface area contributed by atoms with E-state index in [4.69, 9.17) is 9.84 Å². The van der Waals surface area contributed by atoms with Crippen molar-refractivity contribution in [2.75, 3.05) is 6.61 Å². The number of rotatable bonds is 1. The summed E-state index contributed by atoms with van der Waals surface area (Å²) in [5.74, 6) is 0.622. The minimum absolute atomic E-state index is 0.244. The van der Waals surface area contributed by atoms with Crippen LogP contribution < -0.4 is 4.74 Å². The lowest BCUT2D eigenvalue weighted by molar-refractivity contribution is 0.0697. The van der Waals surface area contributed by atoms with Crippen LogP contribution >= 0.6 is 0 Å². The maximum atomic E-state index is 11.0. The van der Waals surface area contributed by atoms with Crippen LogP contribution in [0.4, 0.5) is 0 Å². The highest BCUT2D eigenvalue weighted by Gasteiger charge is 2.17. The summed E-state index contributed by atoms with van der Waals surface area (Å²) < 4.78 is 7.44. The van der Waals surface area contributed by atoms with Crippen LogP contribution in [0.3, 0.4) is 0 Å². The van der Waals surface area contributed by atoms with E-state index in [-0.39, 0.29) is 5.56 Å². The van der Waals surface area contributed by atoms with Crippen LogP contribution in [-0.4, -0.2) is 27.2 Å². The number of carbonyl (C=O) groups is 1. The Bertz CT molecular complexity index is 589. The molecule has 0 unspecified atom stereocenters. The van der Waals surface area contributed by atoms with Crippen molar-refractivity contribution < 1.29 is 14.6 Å². The highest BCUT2D eigenvalue weighted by atomic mass is 16.5. The molecule has 2 heterocycles. The Hall–Kier alpha value is -2.30. The number of ether oxygens (including phenoxy) is 1. The molecule has 17 heavy (non-hydrogen) atoms. The zero-order valence-corrected chi connectivity index (χ0v) is 8.96. The number of nitrogens with zero attached hydrogens (tertiary/aromatic N) is 2. The molecule has 3 rings (SSSR count). The van der Waals surface area contributed by atoms with Gasteiger partial charge >= 0.3 is 5.97 Å². The molecular formula is C12H10N2O3.